The summed E-state index contributed by atoms with van der Waals surface area (Å²) in [6, 6.07) is -0.909. The van der Waals surface area contributed by atoms with Crippen LogP contribution >= 0.6 is 0 Å². The molecule has 0 saturated carbocycles. The van der Waals surface area contributed by atoms with Gasteiger partial charge in [-0.1, -0.05) is 13.8 Å². The topological polar surface area (TPSA) is 92.4 Å². The van der Waals surface area contributed by atoms with Crippen molar-refractivity contribution in [3.63, 3.8) is 0 Å². The molecule has 0 aliphatic heterocycles. The standard InChI is InChI=1S/C11H16N2O4/c1-6(2)4-8(11(15)16)13-10(14)9-5-12-7(3)17-9/h5-6,8H,4H2,1-3H3,(H,13,14)(H,15,16)/t8-/m1/s1. The molecule has 6 nitrogen and oxygen atoms in total. The Hall–Kier alpha value is -1.85. The predicted octanol–water partition coefficient (Wildman–Crippen LogP) is 1.21. The van der Waals surface area contributed by atoms with Gasteiger partial charge >= 0.3 is 5.97 Å². The molecule has 0 aliphatic rings. The highest BCUT2D eigenvalue weighted by Gasteiger charge is 2.23. The first-order valence-electron chi connectivity index (χ1n) is 5.36. The first kappa shape index (κ1) is 13.2. The minimum absolute atomic E-state index is 0.0255. The molecular weight excluding hydrogens is 224 g/mol. The third-order valence-electron chi connectivity index (χ3n) is 2.16. The lowest BCUT2D eigenvalue weighted by Crippen LogP contribution is -2.41. The van der Waals surface area contributed by atoms with Gasteiger partial charge in [0.25, 0.3) is 5.91 Å². The Balaban J connectivity index is 2.67. The number of carboxylic acids is 1. The van der Waals surface area contributed by atoms with Gasteiger partial charge in [0.1, 0.15) is 6.04 Å². The van der Waals surface area contributed by atoms with Crippen molar-refractivity contribution in [1.82, 2.24) is 10.3 Å². The number of hydrogen-bond acceptors (Lipinski definition) is 4. The summed E-state index contributed by atoms with van der Waals surface area (Å²) in [6.45, 7) is 5.39. The van der Waals surface area contributed by atoms with Gasteiger partial charge in [-0.3, -0.25) is 4.79 Å². The molecule has 2 N–H and O–H groups in total. The number of amides is 1. The third kappa shape index (κ3) is 3.90. The van der Waals surface area contributed by atoms with Crippen molar-refractivity contribution in [2.24, 2.45) is 5.92 Å². The number of aliphatic carboxylic acids is 1. The largest absolute Gasteiger partial charge is 0.480 e. The molecule has 0 aromatic carbocycles. The van der Waals surface area contributed by atoms with Crippen LogP contribution in [0.5, 0.6) is 0 Å². The van der Waals surface area contributed by atoms with Crippen LogP contribution in [0.2, 0.25) is 0 Å². The van der Waals surface area contributed by atoms with Gasteiger partial charge in [0.05, 0.1) is 6.20 Å². The van der Waals surface area contributed by atoms with Gasteiger partial charge in [0.2, 0.25) is 5.76 Å². The Morgan fingerprint density at radius 2 is 2.18 bits per heavy atom. The highest BCUT2D eigenvalue weighted by atomic mass is 16.4. The van der Waals surface area contributed by atoms with E-state index in [0.717, 1.165) is 0 Å². The van der Waals surface area contributed by atoms with E-state index in [1.54, 1.807) is 6.92 Å². The lowest BCUT2D eigenvalue weighted by Gasteiger charge is -2.15. The number of oxazole rings is 1. The van der Waals surface area contributed by atoms with Gasteiger partial charge in [-0.2, -0.15) is 0 Å². The number of aromatic nitrogens is 1. The van der Waals surface area contributed by atoms with Crippen molar-refractivity contribution in [3.8, 4) is 0 Å². The first-order chi connectivity index (χ1) is 7.90. The summed E-state index contributed by atoms with van der Waals surface area (Å²) in [6.07, 6.45) is 1.65. The predicted molar refractivity (Wildman–Crippen MR) is 59.6 cm³/mol. The normalized spacial score (nSPS) is 12.5. The summed E-state index contributed by atoms with van der Waals surface area (Å²) in [7, 11) is 0. The maximum Gasteiger partial charge on any atom is 0.326 e. The Morgan fingerprint density at radius 1 is 1.53 bits per heavy atom. The van der Waals surface area contributed by atoms with E-state index in [0.29, 0.717) is 12.3 Å². The van der Waals surface area contributed by atoms with Crippen LogP contribution < -0.4 is 5.32 Å². The number of carboxylic acid groups (broad SMARTS) is 1. The number of nitrogens with zero attached hydrogens (tertiary/aromatic N) is 1. The fraction of sp³-hybridized carbons (Fsp3) is 0.545. The number of aryl methyl sites for hydroxylation is 1. The molecule has 1 aromatic heterocycles. The fourth-order valence-electron chi connectivity index (χ4n) is 1.39. The quantitative estimate of drug-likeness (QED) is 0.807. The van der Waals surface area contributed by atoms with E-state index in [1.165, 1.54) is 6.20 Å². The summed E-state index contributed by atoms with van der Waals surface area (Å²) in [5.41, 5.74) is 0. The minimum atomic E-state index is -1.05. The zero-order valence-corrected chi connectivity index (χ0v) is 10.1. The number of carbonyl (C=O) groups is 2. The zero-order valence-electron chi connectivity index (χ0n) is 10.1. The molecule has 1 heterocycles. The molecule has 1 amide bonds. The summed E-state index contributed by atoms with van der Waals surface area (Å²) < 4.78 is 5.01. The highest BCUT2D eigenvalue weighted by Crippen LogP contribution is 2.07. The molecule has 0 saturated heterocycles. The summed E-state index contributed by atoms with van der Waals surface area (Å²) >= 11 is 0. The minimum Gasteiger partial charge on any atom is -0.480 e. The van der Waals surface area contributed by atoms with Crippen molar-refractivity contribution in [2.45, 2.75) is 33.2 Å². The van der Waals surface area contributed by atoms with Crippen LogP contribution in [0.4, 0.5) is 0 Å². The summed E-state index contributed by atoms with van der Waals surface area (Å²) in [4.78, 5) is 26.4. The van der Waals surface area contributed by atoms with Crippen LogP contribution in [-0.4, -0.2) is 28.0 Å². The average molecular weight is 240 g/mol. The van der Waals surface area contributed by atoms with Crippen LogP contribution in [0.1, 0.15) is 36.7 Å². The van der Waals surface area contributed by atoms with Crippen LogP contribution in [0.15, 0.2) is 10.6 Å². The maximum atomic E-state index is 11.6. The van der Waals surface area contributed by atoms with Gasteiger partial charge in [0.15, 0.2) is 5.89 Å². The van der Waals surface area contributed by atoms with Crippen LogP contribution in [0.25, 0.3) is 0 Å². The Labute approximate surface area is 99.0 Å². The second kappa shape index (κ2) is 5.47. The average Bonchev–Trinajstić information content (AvgIpc) is 2.63. The van der Waals surface area contributed by atoms with Crippen molar-refractivity contribution < 1.29 is 19.1 Å². The lowest BCUT2D eigenvalue weighted by atomic mass is 10.0. The summed E-state index contributed by atoms with van der Waals surface area (Å²) in [5.74, 6) is -1.04. The van der Waals surface area contributed by atoms with Gasteiger partial charge < -0.3 is 14.8 Å². The Morgan fingerprint density at radius 3 is 2.59 bits per heavy atom. The second-order valence-corrected chi connectivity index (χ2v) is 4.24. The van der Waals surface area contributed by atoms with Crippen LogP contribution in [0, 0.1) is 12.8 Å². The SMILES string of the molecule is Cc1ncc(C(=O)N[C@H](CC(C)C)C(=O)O)o1. The number of carbonyl (C=O) groups excluding carboxylic acids is 1. The van der Waals surface area contributed by atoms with Crippen molar-refractivity contribution >= 4 is 11.9 Å². The molecule has 94 valence electrons. The Bertz CT molecular complexity index is 411. The van der Waals surface area contributed by atoms with E-state index >= 15 is 0 Å². The molecule has 0 spiro atoms. The fourth-order valence-corrected chi connectivity index (χ4v) is 1.39. The van der Waals surface area contributed by atoms with Gasteiger partial charge in [-0.05, 0) is 12.3 Å². The van der Waals surface area contributed by atoms with Crippen LogP contribution in [-0.2, 0) is 4.79 Å². The highest BCUT2D eigenvalue weighted by molar-refractivity contribution is 5.93. The van der Waals surface area contributed by atoms with Crippen molar-refractivity contribution in [2.75, 3.05) is 0 Å². The first-order valence-corrected chi connectivity index (χ1v) is 5.36. The van der Waals surface area contributed by atoms with E-state index in [9.17, 15) is 9.59 Å². The van der Waals surface area contributed by atoms with E-state index in [4.69, 9.17) is 9.52 Å². The molecular formula is C11H16N2O4. The third-order valence-corrected chi connectivity index (χ3v) is 2.16. The van der Waals surface area contributed by atoms with E-state index in [2.05, 4.69) is 10.3 Å². The van der Waals surface area contributed by atoms with Gasteiger partial charge in [-0.15, -0.1) is 0 Å². The van der Waals surface area contributed by atoms with Gasteiger partial charge in [-0.25, -0.2) is 9.78 Å². The van der Waals surface area contributed by atoms with E-state index in [1.807, 2.05) is 13.8 Å². The molecule has 0 unspecified atom stereocenters. The number of rotatable bonds is 5. The molecule has 0 radical (unpaired) electrons. The zero-order chi connectivity index (χ0) is 13.0. The molecule has 17 heavy (non-hydrogen) atoms. The van der Waals surface area contributed by atoms with Gasteiger partial charge in [0, 0.05) is 6.92 Å². The molecule has 1 aromatic rings. The summed E-state index contributed by atoms with van der Waals surface area (Å²) in [5, 5.41) is 11.4. The lowest BCUT2D eigenvalue weighted by molar-refractivity contribution is -0.139. The molecule has 0 bridgehead atoms. The molecule has 6 heteroatoms. The molecule has 0 fully saturated rings. The van der Waals surface area contributed by atoms with E-state index in [-0.39, 0.29) is 11.7 Å². The molecule has 1 rings (SSSR count). The molecule has 0 aliphatic carbocycles. The number of hydrogen-bond donors (Lipinski definition) is 2. The van der Waals surface area contributed by atoms with Crippen molar-refractivity contribution in [1.29, 1.82) is 0 Å². The molecule has 1 atom stereocenters. The second-order valence-electron chi connectivity index (χ2n) is 4.24. The Kier molecular flexibility index (Phi) is 4.25. The van der Waals surface area contributed by atoms with Crippen molar-refractivity contribution in [3.05, 3.63) is 17.8 Å². The smallest absolute Gasteiger partial charge is 0.326 e. The monoisotopic (exact) mass is 240 g/mol. The van der Waals surface area contributed by atoms with E-state index < -0.39 is 17.9 Å². The maximum absolute atomic E-state index is 11.6. The van der Waals surface area contributed by atoms with Crippen LogP contribution in [0.3, 0.4) is 0 Å². The number of nitrogens with one attached hydrogen (secondary N) is 1.